The van der Waals surface area contributed by atoms with Gasteiger partial charge in [0.25, 0.3) is 0 Å². The summed E-state index contributed by atoms with van der Waals surface area (Å²) >= 11 is 3.31. The fourth-order valence-electron chi connectivity index (χ4n) is 2.56. The van der Waals surface area contributed by atoms with E-state index in [1.54, 1.807) is 6.07 Å². The first-order valence-electron chi connectivity index (χ1n) is 5.14. The number of hydrogen-bond acceptors (Lipinski definition) is 1. The standard InChI is InChI=1S/C12H15BrFN/c1-12(2)8(6-15)10(12)7-4-3-5-9(14)11(7)13/h3-5,8,10H,6,15H2,1-2H3/t8-,10-/m0/s1. The van der Waals surface area contributed by atoms with Crippen molar-refractivity contribution >= 4 is 15.9 Å². The predicted octanol–water partition coefficient (Wildman–Crippen LogP) is 3.29. The van der Waals surface area contributed by atoms with E-state index in [0.717, 1.165) is 5.56 Å². The number of halogens is 2. The third-order valence-electron chi connectivity index (χ3n) is 3.62. The lowest BCUT2D eigenvalue weighted by atomic mass is 10.0. The molecule has 15 heavy (non-hydrogen) atoms. The van der Waals surface area contributed by atoms with Gasteiger partial charge in [0, 0.05) is 0 Å². The van der Waals surface area contributed by atoms with Crippen molar-refractivity contribution in [2.75, 3.05) is 6.54 Å². The van der Waals surface area contributed by atoms with Crippen molar-refractivity contribution in [3.8, 4) is 0 Å². The summed E-state index contributed by atoms with van der Waals surface area (Å²) < 4.78 is 14.0. The van der Waals surface area contributed by atoms with E-state index in [-0.39, 0.29) is 11.2 Å². The summed E-state index contributed by atoms with van der Waals surface area (Å²) in [4.78, 5) is 0. The van der Waals surface area contributed by atoms with Crippen LogP contribution in [0.3, 0.4) is 0 Å². The Kier molecular flexibility index (Phi) is 2.63. The summed E-state index contributed by atoms with van der Waals surface area (Å²) in [5.41, 5.74) is 6.97. The Morgan fingerprint density at radius 3 is 2.67 bits per heavy atom. The predicted molar refractivity (Wildman–Crippen MR) is 63.2 cm³/mol. The van der Waals surface area contributed by atoms with E-state index in [2.05, 4.69) is 29.8 Å². The molecule has 1 aromatic carbocycles. The van der Waals surface area contributed by atoms with E-state index in [0.29, 0.717) is 22.9 Å². The molecule has 0 spiro atoms. The van der Waals surface area contributed by atoms with Crippen molar-refractivity contribution in [1.29, 1.82) is 0 Å². The van der Waals surface area contributed by atoms with Gasteiger partial charge in [-0.1, -0.05) is 26.0 Å². The molecule has 1 nitrogen and oxygen atoms in total. The third kappa shape index (κ3) is 1.62. The van der Waals surface area contributed by atoms with Gasteiger partial charge in [0.1, 0.15) is 5.82 Å². The molecule has 3 heteroatoms. The Bertz CT molecular complexity index is 389. The van der Waals surface area contributed by atoms with E-state index < -0.39 is 0 Å². The molecule has 2 atom stereocenters. The molecule has 1 aliphatic carbocycles. The van der Waals surface area contributed by atoms with Crippen LogP contribution in [0.2, 0.25) is 0 Å². The normalized spacial score (nSPS) is 27.8. The van der Waals surface area contributed by atoms with E-state index >= 15 is 0 Å². The highest BCUT2D eigenvalue weighted by molar-refractivity contribution is 9.10. The molecule has 1 aromatic rings. The Labute approximate surface area is 98.0 Å². The Balaban J connectivity index is 2.37. The highest BCUT2D eigenvalue weighted by Crippen LogP contribution is 2.64. The van der Waals surface area contributed by atoms with Crippen LogP contribution in [0.1, 0.15) is 25.3 Å². The lowest BCUT2D eigenvalue weighted by Crippen LogP contribution is -2.05. The van der Waals surface area contributed by atoms with Gasteiger partial charge in [-0.2, -0.15) is 0 Å². The first-order valence-corrected chi connectivity index (χ1v) is 5.93. The molecule has 1 saturated carbocycles. The average molecular weight is 272 g/mol. The number of rotatable bonds is 2. The zero-order valence-corrected chi connectivity index (χ0v) is 10.5. The van der Waals surface area contributed by atoms with Gasteiger partial charge in [0.05, 0.1) is 4.47 Å². The average Bonchev–Trinajstić information content (AvgIpc) is 2.73. The molecule has 0 aliphatic heterocycles. The van der Waals surface area contributed by atoms with Gasteiger partial charge < -0.3 is 5.73 Å². The summed E-state index contributed by atoms with van der Waals surface area (Å²) in [6.07, 6.45) is 0. The second-order valence-electron chi connectivity index (χ2n) is 4.78. The highest BCUT2D eigenvalue weighted by atomic mass is 79.9. The summed E-state index contributed by atoms with van der Waals surface area (Å²) in [7, 11) is 0. The Hall–Kier alpha value is -0.410. The van der Waals surface area contributed by atoms with E-state index in [9.17, 15) is 4.39 Å². The van der Waals surface area contributed by atoms with Crippen molar-refractivity contribution in [1.82, 2.24) is 0 Å². The van der Waals surface area contributed by atoms with Gasteiger partial charge in [-0.25, -0.2) is 4.39 Å². The van der Waals surface area contributed by atoms with Crippen molar-refractivity contribution in [3.63, 3.8) is 0 Å². The zero-order chi connectivity index (χ0) is 11.2. The number of benzene rings is 1. The van der Waals surface area contributed by atoms with Crippen molar-refractivity contribution in [3.05, 3.63) is 34.1 Å². The van der Waals surface area contributed by atoms with E-state index in [4.69, 9.17) is 5.73 Å². The van der Waals surface area contributed by atoms with Gasteiger partial charge >= 0.3 is 0 Å². The lowest BCUT2D eigenvalue weighted by molar-refractivity contribution is 0.557. The molecule has 82 valence electrons. The summed E-state index contributed by atoms with van der Waals surface area (Å²) in [6.45, 7) is 5.04. The van der Waals surface area contributed by atoms with Gasteiger partial charge in [-0.05, 0) is 51.4 Å². The van der Waals surface area contributed by atoms with Crippen LogP contribution in [0.5, 0.6) is 0 Å². The molecule has 0 saturated heterocycles. The van der Waals surface area contributed by atoms with Gasteiger partial charge in [-0.3, -0.25) is 0 Å². The molecule has 2 rings (SSSR count). The maximum Gasteiger partial charge on any atom is 0.137 e. The monoisotopic (exact) mass is 271 g/mol. The quantitative estimate of drug-likeness (QED) is 0.878. The SMILES string of the molecule is CC1(C)[C@@H](CN)[C@@H]1c1cccc(F)c1Br. The van der Waals surface area contributed by atoms with Crippen LogP contribution in [0, 0.1) is 17.2 Å². The molecule has 0 radical (unpaired) electrons. The van der Waals surface area contributed by atoms with Crippen LogP contribution in [0.4, 0.5) is 4.39 Å². The Morgan fingerprint density at radius 1 is 1.47 bits per heavy atom. The number of nitrogens with two attached hydrogens (primary N) is 1. The highest BCUT2D eigenvalue weighted by Gasteiger charge is 2.57. The molecule has 0 unspecified atom stereocenters. The largest absolute Gasteiger partial charge is 0.330 e. The second-order valence-corrected chi connectivity index (χ2v) is 5.58. The van der Waals surface area contributed by atoms with Crippen molar-refractivity contribution < 1.29 is 4.39 Å². The first-order chi connectivity index (χ1) is 7.00. The van der Waals surface area contributed by atoms with Crippen molar-refractivity contribution in [2.45, 2.75) is 19.8 Å². The maximum absolute atomic E-state index is 13.4. The smallest absolute Gasteiger partial charge is 0.137 e. The molecule has 1 fully saturated rings. The minimum atomic E-state index is -0.189. The van der Waals surface area contributed by atoms with Crippen LogP contribution in [-0.2, 0) is 0 Å². The summed E-state index contributed by atoms with van der Waals surface area (Å²) in [6, 6.07) is 5.22. The molecular weight excluding hydrogens is 257 g/mol. The zero-order valence-electron chi connectivity index (χ0n) is 8.93. The fraction of sp³-hybridized carbons (Fsp3) is 0.500. The molecule has 2 N–H and O–H groups in total. The van der Waals surface area contributed by atoms with Crippen LogP contribution >= 0.6 is 15.9 Å². The van der Waals surface area contributed by atoms with E-state index in [1.807, 2.05) is 6.07 Å². The summed E-state index contributed by atoms with van der Waals surface area (Å²) in [5.74, 6) is 0.661. The van der Waals surface area contributed by atoms with Crippen molar-refractivity contribution in [2.24, 2.45) is 17.1 Å². The van der Waals surface area contributed by atoms with Gasteiger partial charge in [0.15, 0.2) is 0 Å². The minimum Gasteiger partial charge on any atom is -0.330 e. The second kappa shape index (κ2) is 3.56. The number of hydrogen-bond donors (Lipinski definition) is 1. The first kappa shape index (κ1) is 11.1. The topological polar surface area (TPSA) is 26.0 Å². The lowest BCUT2D eigenvalue weighted by Gasteiger charge is -2.06. The van der Waals surface area contributed by atoms with Crippen LogP contribution in [0.15, 0.2) is 22.7 Å². The van der Waals surface area contributed by atoms with E-state index in [1.165, 1.54) is 6.07 Å². The van der Waals surface area contributed by atoms with Gasteiger partial charge in [-0.15, -0.1) is 0 Å². The molecule has 0 amide bonds. The fourth-order valence-corrected chi connectivity index (χ4v) is 3.07. The Morgan fingerprint density at radius 2 is 2.13 bits per heavy atom. The molecule has 0 heterocycles. The summed E-state index contributed by atoms with van der Waals surface area (Å²) in [5, 5.41) is 0. The minimum absolute atomic E-state index is 0.189. The van der Waals surface area contributed by atoms with Crippen LogP contribution in [-0.4, -0.2) is 6.54 Å². The molecular formula is C12H15BrFN. The molecule has 0 aromatic heterocycles. The molecule has 0 bridgehead atoms. The van der Waals surface area contributed by atoms with Gasteiger partial charge in [0.2, 0.25) is 0 Å². The van der Waals surface area contributed by atoms with Crippen LogP contribution in [0.25, 0.3) is 0 Å². The maximum atomic E-state index is 13.4. The van der Waals surface area contributed by atoms with Crippen LogP contribution < -0.4 is 5.73 Å². The molecule has 1 aliphatic rings. The third-order valence-corrected chi connectivity index (χ3v) is 4.46.